The van der Waals surface area contributed by atoms with Gasteiger partial charge in [0, 0.05) is 23.5 Å². The third-order valence-corrected chi connectivity index (χ3v) is 3.35. The fourth-order valence-corrected chi connectivity index (χ4v) is 2.22. The first-order valence-corrected chi connectivity index (χ1v) is 6.07. The predicted octanol–water partition coefficient (Wildman–Crippen LogP) is 2.56. The highest BCUT2D eigenvalue weighted by Gasteiger charge is 2.19. The van der Waals surface area contributed by atoms with Crippen LogP contribution in [-0.2, 0) is 11.3 Å². The van der Waals surface area contributed by atoms with Gasteiger partial charge in [0.25, 0.3) is 0 Å². The van der Waals surface area contributed by atoms with Gasteiger partial charge in [0.2, 0.25) is 5.91 Å². The smallest absolute Gasteiger partial charge is 0.246 e. The van der Waals surface area contributed by atoms with Gasteiger partial charge in [0.1, 0.15) is 0 Å². The van der Waals surface area contributed by atoms with Gasteiger partial charge in [-0.2, -0.15) is 0 Å². The van der Waals surface area contributed by atoms with Gasteiger partial charge in [0.15, 0.2) is 0 Å². The van der Waals surface area contributed by atoms with Crippen LogP contribution < -0.4 is 5.73 Å². The maximum absolute atomic E-state index is 11.4. The minimum Gasteiger partial charge on any atom is -0.366 e. The van der Waals surface area contributed by atoms with E-state index < -0.39 is 0 Å². The number of allylic oxidation sites excluding steroid dienone is 3. The van der Waals surface area contributed by atoms with Crippen molar-refractivity contribution in [3.8, 4) is 0 Å². The van der Waals surface area contributed by atoms with Crippen molar-refractivity contribution in [3.63, 3.8) is 0 Å². The molecule has 1 aliphatic heterocycles. The van der Waals surface area contributed by atoms with Crippen LogP contribution in [0.25, 0.3) is 0 Å². The van der Waals surface area contributed by atoms with Crippen LogP contribution in [0.5, 0.6) is 0 Å². The molecule has 1 heterocycles. The van der Waals surface area contributed by atoms with Gasteiger partial charge < -0.3 is 10.6 Å². The summed E-state index contributed by atoms with van der Waals surface area (Å²) in [7, 11) is 0. The Morgan fingerprint density at radius 1 is 1.28 bits per heavy atom. The van der Waals surface area contributed by atoms with E-state index in [0.717, 1.165) is 12.2 Å². The summed E-state index contributed by atoms with van der Waals surface area (Å²) in [4.78, 5) is 13.5. The average Bonchev–Trinajstić information content (AvgIpc) is 2.35. The minimum absolute atomic E-state index is 0.325. The van der Waals surface area contributed by atoms with Crippen LogP contribution in [0.4, 0.5) is 0 Å². The summed E-state index contributed by atoms with van der Waals surface area (Å²) in [5.74, 6) is -0.325. The quantitative estimate of drug-likeness (QED) is 0.885. The molecule has 2 rings (SSSR count). The number of carbonyl (C=O) groups is 1. The van der Waals surface area contributed by atoms with E-state index in [2.05, 4.69) is 30.0 Å². The van der Waals surface area contributed by atoms with Gasteiger partial charge in [0.05, 0.1) is 0 Å². The Morgan fingerprint density at radius 2 is 1.94 bits per heavy atom. The monoisotopic (exact) mass is 242 g/mol. The SMILES string of the molecule is CC1=CCC(C(N)=O)=C(C)N1Cc1ccccc1. The summed E-state index contributed by atoms with van der Waals surface area (Å²) < 4.78 is 0. The molecule has 0 saturated carbocycles. The first kappa shape index (κ1) is 12.4. The fraction of sp³-hybridized carbons (Fsp3) is 0.267. The first-order chi connectivity index (χ1) is 8.59. The molecule has 1 aliphatic rings. The normalized spacial score (nSPS) is 15.7. The highest BCUT2D eigenvalue weighted by molar-refractivity contribution is 5.93. The topological polar surface area (TPSA) is 46.3 Å². The van der Waals surface area contributed by atoms with E-state index >= 15 is 0 Å². The molecule has 0 unspecified atom stereocenters. The van der Waals surface area contributed by atoms with Crippen molar-refractivity contribution < 1.29 is 4.79 Å². The first-order valence-electron chi connectivity index (χ1n) is 6.07. The van der Waals surface area contributed by atoms with E-state index in [4.69, 9.17) is 5.73 Å². The molecule has 0 radical (unpaired) electrons. The third kappa shape index (κ3) is 2.45. The highest BCUT2D eigenvalue weighted by atomic mass is 16.1. The van der Waals surface area contributed by atoms with Crippen LogP contribution in [0.1, 0.15) is 25.8 Å². The number of amides is 1. The van der Waals surface area contributed by atoms with E-state index in [0.29, 0.717) is 12.0 Å². The lowest BCUT2D eigenvalue weighted by Gasteiger charge is -2.31. The molecule has 0 spiro atoms. The molecule has 1 aromatic rings. The molecule has 0 aromatic heterocycles. The number of rotatable bonds is 3. The molecule has 0 bridgehead atoms. The molecule has 94 valence electrons. The van der Waals surface area contributed by atoms with E-state index in [-0.39, 0.29) is 5.91 Å². The summed E-state index contributed by atoms with van der Waals surface area (Å²) >= 11 is 0. The molecule has 0 aliphatic carbocycles. The van der Waals surface area contributed by atoms with Crippen molar-refractivity contribution in [3.05, 3.63) is 58.9 Å². The number of carbonyl (C=O) groups excluding carboxylic acids is 1. The minimum atomic E-state index is -0.325. The Balaban J connectivity index is 2.27. The molecule has 1 aromatic carbocycles. The van der Waals surface area contributed by atoms with Crippen LogP contribution in [0.3, 0.4) is 0 Å². The molecule has 2 N–H and O–H groups in total. The lowest BCUT2D eigenvalue weighted by atomic mass is 10.0. The van der Waals surface area contributed by atoms with E-state index in [1.165, 1.54) is 11.3 Å². The van der Waals surface area contributed by atoms with Crippen LogP contribution in [0, 0.1) is 0 Å². The molecule has 0 atom stereocenters. The number of nitrogens with zero attached hydrogens (tertiary/aromatic N) is 1. The second-order valence-corrected chi connectivity index (χ2v) is 4.55. The van der Waals surface area contributed by atoms with Crippen molar-refractivity contribution in [1.82, 2.24) is 4.90 Å². The van der Waals surface area contributed by atoms with Crippen molar-refractivity contribution in [2.75, 3.05) is 0 Å². The zero-order valence-corrected chi connectivity index (χ0v) is 10.8. The van der Waals surface area contributed by atoms with Crippen LogP contribution in [0.2, 0.25) is 0 Å². The zero-order valence-electron chi connectivity index (χ0n) is 10.8. The van der Waals surface area contributed by atoms with Crippen LogP contribution >= 0.6 is 0 Å². The molecular weight excluding hydrogens is 224 g/mol. The summed E-state index contributed by atoms with van der Waals surface area (Å²) in [6.07, 6.45) is 2.69. The molecule has 1 amide bonds. The number of nitrogens with two attached hydrogens (primary N) is 1. The van der Waals surface area contributed by atoms with Crippen LogP contribution in [0.15, 0.2) is 53.4 Å². The molecule has 3 heteroatoms. The van der Waals surface area contributed by atoms with Gasteiger partial charge >= 0.3 is 0 Å². The predicted molar refractivity (Wildman–Crippen MR) is 72.3 cm³/mol. The number of hydrogen-bond donors (Lipinski definition) is 1. The lowest BCUT2D eigenvalue weighted by Crippen LogP contribution is -2.27. The molecule has 0 saturated heterocycles. The largest absolute Gasteiger partial charge is 0.366 e. The standard InChI is InChI=1S/C15H18N2O/c1-11-8-9-14(15(16)18)12(2)17(11)10-13-6-4-3-5-7-13/h3-8H,9-10H2,1-2H3,(H2,16,18). The maximum Gasteiger partial charge on any atom is 0.246 e. The van der Waals surface area contributed by atoms with Crippen molar-refractivity contribution >= 4 is 5.91 Å². The Bertz CT molecular complexity index is 515. The van der Waals surface area contributed by atoms with Crippen molar-refractivity contribution in [2.45, 2.75) is 26.8 Å². The number of benzene rings is 1. The number of hydrogen-bond acceptors (Lipinski definition) is 2. The van der Waals surface area contributed by atoms with Gasteiger partial charge in [-0.25, -0.2) is 0 Å². The lowest BCUT2D eigenvalue weighted by molar-refractivity contribution is -0.114. The second-order valence-electron chi connectivity index (χ2n) is 4.55. The maximum atomic E-state index is 11.4. The fourth-order valence-electron chi connectivity index (χ4n) is 2.22. The summed E-state index contributed by atoms with van der Waals surface area (Å²) in [5.41, 5.74) is 9.46. The van der Waals surface area contributed by atoms with Gasteiger partial charge in [-0.15, -0.1) is 0 Å². The molecule has 3 nitrogen and oxygen atoms in total. The Labute approximate surface area is 108 Å². The summed E-state index contributed by atoms with van der Waals surface area (Å²) in [6.45, 7) is 4.79. The van der Waals surface area contributed by atoms with E-state index in [1.807, 2.05) is 25.1 Å². The Kier molecular flexibility index (Phi) is 3.51. The van der Waals surface area contributed by atoms with Gasteiger partial charge in [-0.3, -0.25) is 4.79 Å². The van der Waals surface area contributed by atoms with Crippen molar-refractivity contribution in [1.29, 1.82) is 0 Å². The third-order valence-electron chi connectivity index (χ3n) is 3.35. The highest BCUT2D eigenvalue weighted by Crippen LogP contribution is 2.26. The Hall–Kier alpha value is -2.03. The molecule has 0 fully saturated rings. The molecule has 18 heavy (non-hydrogen) atoms. The van der Waals surface area contributed by atoms with Gasteiger partial charge in [-0.1, -0.05) is 36.4 Å². The molecular formula is C15H18N2O. The zero-order chi connectivity index (χ0) is 13.1. The van der Waals surface area contributed by atoms with Gasteiger partial charge in [-0.05, 0) is 25.8 Å². The van der Waals surface area contributed by atoms with E-state index in [9.17, 15) is 4.79 Å². The summed E-state index contributed by atoms with van der Waals surface area (Å²) in [6, 6.07) is 10.2. The van der Waals surface area contributed by atoms with Crippen molar-refractivity contribution in [2.24, 2.45) is 5.73 Å². The summed E-state index contributed by atoms with van der Waals surface area (Å²) in [5, 5.41) is 0. The Morgan fingerprint density at radius 3 is 2.56 bits per heavy atom. The van der Waals surface area contributed by atoms with Crippen LogP contribution in [-0.4, -0.2) is 10.8 Å². The number of primary amides is 1. The average molecular weight is 242 g/mol. The second kappa shape index (κ2) is 5.08. The van der Waals surface area contributed by atoms with E-state index in [1.54, 1.807) is 0 Å².